The first-order valence-corrected chi connectivity index (χ1v) is 7.28. The lowest BCUT2D eigenvalue weighted by molar-refractivity contribution is 0.461. The van der Waals surface area contributed by atoms with Crippen LogP contribution in [0.2, 0.25) is 0 Å². The quantitative estimate of drug-likeness (QED) is 0.901. The number of halogens is 1. The molecule has 1 aromatic heterocycles. The van der Waals surface area contributed by atoms with E-state index >= 15 is 0 Å². The summed E-state index contributed by atoms with van der Waals surface area (Å²) in [6.07, 6.45) is 7.81. The fourth-order valence-electron chi connectivity index (χ4n) is 2.54. The van der Waals surface area contributed by atoms with Crippen LogP contribution in [0.1, 0.15) is 32.1 Å². The van der Waals surface area contributed by atoms with E-state index in [-0.39, 0.29) is 5.82 Å². The maximum atomic E-state index is 12.9. The number of nitrogens with zero attached hydrogens (tertiary/aromatic N) is 3. The molecule has 1 aliphatic rings. The second-order valence-electron chi connectivity index (χ2n) is 5.28. The van der Waals surface area contributed by atoms with Crippen LogP contribution < -0.4 is 10.6 Å². The first-order valence-electron chi connectivity index (χ1n) is 7.28. The zero-order valence-corrected chi connectivity index (χ0v) is 11.7. The summed E-state index contributed by atoms with van der Waals surface area (Å²) in [5.74, 6) is 0.858. The molecule has 1 aliphatic carbocycles. The van der Waals surface area contributed by atoms with Crippen LogP contribution in [-0.4, -0.2) is 21.2 Å². The Balaban J connectivity index is 1.66. The summed E-state index contributed by atoms with van der Waals surface area (Å²) in [6.45, 7) is 0. The monoisotopic (exact) mass is 287 g/mol. The number of hydrogen-bond acceptors (Lipinski definition) is 5. The minimum atomic E-state index is -0.271. The van der Waals surface area contributed by atoms with Gasteiger partial charge in [0, 0.05) is 11.7 Å². The molecule has 0 atom stereocenters. The second kappa shape index (κ2) is 6.47. The van der Waals surface area contributed by atoms with Crippen molar-refractivity contribution >= 4 is 17.5 Å². The Morgan fingerprint density at radius 3 is 2.57 bits per heavy atom. The summed E-state index contributed by atoms with van der Waals surface area (Å²) in [7, 11) is 0. The van der Waals surface area contributed by atoms with Gasteiger partial charge in [0.1, 0.15) is 5.82 Å². The molecule has 1 aromatic carbocycles. The zero-order valence-electron chi connectivity index (χ0n) is 11.7. The molecule has 1 fully saturated rings. The molecular weight excluding hydrogens is 269 g/mol. The van der Waals surface area contributed by atoms with E-state index in [2.05, 4.69) is 25.8 Å². The average Bonchev–Trinajstić information content (AvgIpc) is 2.51. The Hall–Kier alpha value is -2.24. The van der Waals surface area contributed by atoms with Crippen LogP contribution in [0.3, 0.4) is 0 Å². The molecule has 6 heteroatoms. The van der Waals surface area contributed by atoms with E-state index < -0.39 is 0 Å². The Morgan fingerprint density at radius 2 is 1.81 bits per heavy atom. The van der Waals surface area contributed by atoms with Crippen molar-refractivity contribution < 1.29 is 4.39 Å². The lowest BCUT2D eigenvalue weighted by Crippen LogP contribution is -2.23. The van der Waals surface area contributed by atoms with Crippen LogP contribution in [-0.2, 0) is 0 Å². The maximum Gasteiger partial charge on any atom is 0.249 e. The number of hydrogen-bond donors (Lipinski definition) is 2. The Bertz CT molecular complexity index is 581. The van der Waals surface area contributed by atoms with Gasteiger partial charge in [-0.15, -0.1) is 5.10 Å². The molecule has 0 aliphatic heterocycles. The largest absolute Gasteiger partial charge is 0.366 e. The van der Waals surface area contributed by atoms with Gasteiger partial charge in [-0.2, -0.15) is 10.1 Å². The van der Waals surface area contributed by atoms with E-state index in [4.69, 9.17) is 0 Å². The van der Waals surface area contributed by atoms with Gasteiger partial charge in [-0.3, -0.25) is 0 Å². The van der Waals surface area contributed by atoms with E-state index in [1.807, 2.05) is 0 Å². The molecule has 0 spiro atoms. The molecule has 5 nitrogen and oxygen atoms in total. The fourth-order valence-corrected chi connectivity index (χ4v) is 2.54. The van der Waals surface area contributed by atoms with Gasteiger partial charge in [0.15, 0.2) is 5.82 Å². The summed E-state index contributed by atoms with van der Waals surface area (Å²) >= 11 is 0. The second-order valence-corrected chi connectivity index (χ2v) is 5.28. The number of rotatable bonds is 4. The first kappa shape index (κ1) is 13.7. The molecular formula is C15H18FN5. The van der Waals surface area contributed by atoms with Crippen molar-refractivity contribution in [3.8, 4) is 0 Å². The van der Waals surface area contributed by atoms with E-state index in [0.29, 0.717) is 12.0 Å². The molecule has 3 rings (SSSR count). The topological polar surface area (TPSA) is 62.7 Å². The molecule has 2 aromatic rings. The van der Waals surface area contributed by atoms with Crippen LogP contribution in [0, 0.1) is 5.82 Å². The molecule has 0 amide bonds. The van der Waals surface area contributed by atoms with Gasteiger partial charge in [-0.05, 0) is 37.1 Å². The van der Waals surface area contributed by atoms with Crippen LogP contribution in [0.15, 0.2) is 30.5 Å². The van der Waals surface area contributed by atoms with Gasteiger partial charge in [-0.25, -0.2) is 4.39 Å². The van der Waals surface area contributed by atoms with Crippen molar-refractivity contribution in [3.63, 3.8) is 0 Å². The Morgan fingerprint density at radius 1 is 1.05 bits per heavy atom. The van der Waals surface area contributed by atoms with Gasteiger partial charge in [0.25, 0.3) is 0 Å². The van der Waals surface area contributed by atoms with E-state index in [1.54, 1.807) is 18.3 Å². The number of benzene rings is 1. The van der Waals surface area contributed by atoms with Crippen LogP contribution in [0.4, 0.5) is 21.8 Å². The molecule has 1 heterocycles. The highest BCUT2D eigenvalue weighted by Crippen LogP contribution is 2.21. The lowest BCUT2D eigenvalue weighted by Gasteiger charge is -2.23. The zero-order chi connectivity index (χ0) is 14.5. The predicted molar refractivity (Wildman–Crippen MR) is 80.0 cm³/mol. The van der Waals surface area contributed by atoms with Crippen LogP contribution in [0.25, 0.3) is 0 Å². The van der Waals surface area contributed by atoms with Gasteiger partial charge < -0.3 is 10.6 Å². The van der Waals surface area contributed by atoms with Crippen molar-refractivity contribution in [2.75, 3.05) is 10.6 Å². The highest BCUT2D eigenvalue weighted by atomic mass is 19.1. The lowest BCUT2D eigenvalue weighted by atomic mass is 9.96. The first-order chi connectivity index (χ1) is 10.3. The molecule has 0 saturated heterocycles. The van der Waals surface area contributed by atoms with Crippen molar-refractivity contribution in [2.45, 2.75) is 38.1 Å². The van der Waals surface area contributed by atoms with Gasteiger partial charge >= 0.3 is 0 Å². The summed E-state index contributed by atoms with van der Waals surface area (Å²) < 4.78 is 12.9. The van der Waals surface area contributed by atoms with Crippen molar-refractivity contribution in [3.05, 3.63) is 36.3 Å². The molecule has 21 heavy (non-hydrogen) atoms. The standard InChI is InChI=1S/C15H18FN5/c16-11-6-8-13(9-7-11)19-15-20-14(10-17-21-15)18-12-4-2-1-3-5-12/h6-10,12H,1-5H2,(H2,18,19,20,21). The molecule has 110 valence electrons. The summed E-state index contributed by atoms with van der Waals surface area (Å²) in [6, 6.07) is 6.52. The molecule has 0 radical (unpaired) electrons. The highest BCUT2D eigenvalue weighted by Gasteiger charge is 2.14. The third kappa shape index (κ3) is 3.87. The van der Waals surface area contributed by atoms with E-state index in [0.717, 1.165) is 11.5 Å². The van der Waals surface area contributed by atoms with Crippen molar-refractivity contribution in [2.24, 2.45) is 0 Å². The highest BCUT2D eigenvalue weighted by molar-refractivity contribution is 5.53. The smallest absolute Gasteiger partial charge is 0.249 e. The Labute approximate surface area is 123 Å². The maximum absolute atomic E-state index is 12.9. The summed E-state index contributed by atoms with van der Waals surface area (Å²) in [4.78, 5) is 4.39. The number of nitrogens with one attached hydrogen (secondary N) is 2. The molecule has 2 N–H and O–H groups in total. The van der Waals surface area contributed by atoms with Crippen LogP contribution >= 0.6 is 0 Å². The van der Waals surface area contributed by atoms with E-state index in [1.165, 1.54) is 44.2 Å². The summed E-state index contributed by atoms with van der Waals surface area (Å²) in [5, 5.41) is 14.3. The van der Waals surface area contributed by atoms with Crippen LogP contribution in [0.5, 0.6) is 0 Å². The van der Waals surface area contributed by atoms with Gasteiger partial charge in [0.2, 0.25) is 5.95 Å². The minimum Gasteiger partial charge on any atom is -0.366 e. The van der Waals surface area contributed by atoms with E-state index in [9.17, 15) is 4.39 Å². The average molecular weight is 287 g/mol. The van der Waals surface area contributed by atoms with Gasteiger partial charge in [0.05, 0.1) is 6.20 Å². The SMILES string of the molecule is Fc1ccc(Nc2nncc(NC3CCCCC3)n2)cc1. The normalized spacial score (nSPS) is 15.7. The van der Waals surface area contributed by atoms with Crippen molar-refractivity contribution in [1.29, 1.82) is 0 Å². The van der Waals surface area contributed by atoms with Crippen molar-refractivity contribution in [1.82, 2.24) is 15.2 Å². The Kier molecular flexibility index (Phi) is 4.23. The van der Waals surface area contributed by atoms with Gasteiger partial charge in [-0.1, -0.05) is 19.3 Å². The summed E-state index contributed by atoms with van der Waals surface area (Å²) in [5.41, 5.74) is 0.730. The number of aromatic nitrogens is 3. The minimum absolute atomic E-state index is 0.271. The fraction of sp³-hybridized carbons (Fsp3) is 0.400. The predicted octanol–water partition coefficient (Wildman–Crippen LogP) is 3.50. The molecule has 1 saturated carbocycles. The number of anilines is 3. The third-order valence-corrected chi connectivity index (χ3v) is 3.62. The third-order valence-electron chi connectivity index (χ3n) is 3.62. The molecule has 0 unspecified atom stereocenters. The molecule has 0 bridgehead atoms.